The lowest BCUT2D eigenvalue weighted by Gasteiger charge is -2.18. The van der Waals surface area contributed by atoms with Gasteiger partial charge in [-0.1, -0.05) is 0 Å². The van der Waals surface area contributed by atoms with Crippen LogP contribution < -0.4 is 20.1 Å². The van der Waals surface area contributed by atoms with E-state index in [9.17, 15) is 0 Å². The van der Waals surface area contributed by atoms with Crippen molar-refractivity contribution in [2.75, 3.05) is 20.2 Å². The number of guanidine groups is 1. The molecule has 1 aromatic heterocycles. The predicted octanol–water partition coefficient (Wildman–Crippen LogP) is 1.95. The number of nitrogens with zero attached hydrogens (tertiary/aromatic N) is 3. The third-order valence-corrected chi connectivity index (χ3v) is 3.62. The van der Waals surface area contributed by atoms with E-state index in [1.807, 2.05) is 55.9 Å². The zero-order chi connectivity index (χ0) is 18.1. The minimum Gasteiger partial charge on any atom is -0.497 e. The second-order valence-corrected chi connectivity index (χ2v) is 5.63. The SMILES string of the molecule is CCNC(=NCc1ccnn1C)NCC(C)Oc1ccc(OC)cc1. The third kappa shape index (κ3) is 6.02. The summed E-state index contributed by atoms with van der Waals surface area (Å²) in [7, 11) is 3.56. The molecular weight excluding hydrogens is 318 g/mol. The summed E-state index contributed by atoms with van der Waals surface area (Å²) in [4.78, 5) is 4.58. The Balaban J connectivity index is 1.85. The molecule has 2 N–H and O–H groups in total. The lowest BCUT2D eigenvalue weighted by Crippen LogP contribution is -2.41. The van der Waals surface area contributed by atoms with Gasteiger partial charge in [0, 0.05) is 19.8 Å². The minimum atomic E-state index is -0.00560. The highest BCUT2D eigenvalue weighted by Gasteiger charge is 2.06. The smallest absolute Gasteiger partial charge is 0.191 e. The van der Waals surface area contributed by atoms with Crippen LogP contribution in [0.4, 0.5) is 0 Å². The van der Waals surface area contributed by atoms with E-state index in [1.54, 1.807) is 13.3 Å². The summed E-state index contributed by atoms with van der Waals surface area (Å²) in [5.41, 5.74) is 1.06. The van der Waals surface area contributed by atoms with Crippen LogP contribution in [0.15, 0.2) is 41.5 Å². The van der Waals surface area contributed by atoms with Crippen LogP contribution in [0.2, 0.25) is 0 Å². The Kier molecular flexibility index (Phi) is 7.13. The summed E-state index contributed by atoms with van der Waals surface area (Å²) in [6, 6.07) is 9.53. The van der Waals surface area contributed by atoms with Crippen LogP contribution in [0.25, 0.3) is 0 Å². The molecule has 25 heavy (non-hydrogen) atoms. The fourth-order valence-electron chi connectivity index (χ4n) is 2.23. The lowest BCUT2D eigenvalue weighted by molar-refractivity contribution is 0.223. The maximum atomic E-state index is 5.90. The van der Waals surface area contributed by atoms with Crippen LogP contribution in [-0.2, 0) is 13.6 Å². The second kappa shape index (κ2) is 9.56. The van der Waals surface area contributed by atoms with Gasteiger partial charge >= 0.3 is 0 Å². The van der Waals surface area contributed by atoms with E-state index >= 15 is 0 Å². The Labute approximate surface area is 149 Å². The number of aliphatic imine (C=N–C) groups is 1. The molecule has 0 spiro atoms. The molecule has 2 aromatic rings. The Hall–Kier alpha value is -2.70. The molecule has 0 aliphatic rings. The number of hydrogen-bond donors (Lipinski definition) is 2. The fourth-order valence-corrected chi connectivity index (χ4v) is 2.23. The average Bonchev–Trinajstić information content (AvgIpc) is 3.03. The van der Waals surface area contributed by atoms with Crippen molar-refractivity contribution >= 4 is 5.96 Å². The van der Waals surface area contributed by atoms with E-state index < -0.39 is 0 Å². The normalized spacial score (nSPS) is 12.6. The number of aryl methyl sites for hydroxylation is 1. The Bertz CT molecular complexity index is 666. The molecule has 1 heterocycles. The molecule has 1 atom stereocenters. The van der Waals surface area contributed by atoms with Gasteiger partial charge < -0.3 is 20.1 Å². The molecule has 7 heteroatoms. The van der Waals surface area contributed by atoms with E-state index in [4.69, 9.17) is 9.47 Å². The summed E-state index contributed by atoms with van der Waals surface area (Å²) in [5, 5.41) is 10.7. The van der Waals surface area contributed by atoms with Gasteiger partial charge in [-0.05, 0) is 44.2 Å². The number of hydrogen-bond acceptors (Lipinski definition) is 4. The zero-order valence-corrected chi connectivity index (χ0v) is 15.3. The van der Waals surface area contributed by atoms with Crippen molar-refractivity contribution in [3.05, 3.63) is 42.2 Å². The molecule has 136 valence electrons. The first-order chi connectivity index (χ1) is 12.1. The van der Waals surface area contributed by atoms with Crippen molar-refractivity contribution in [2.45, 2.75) is 26.5 Å². The molecule has 0 saturated heterocycles. The quantitative estimate of drug-likeness (QED) is 0.565. The third-order valence-electron chi connectivity index (χ3n) is 3.62. The van der Waals surface area contributed by atoms with Gasteiger partial charge in [-0.3, -0.25) is 4.68 Å². The van der Waals surface area contributed by atoms with Crippen LogP contribution in [0, 0.1) is 0 Å². The summed E-state index contributed by atoms with van der Waals surface area (Å²) < 4.78 is 12.9. The highest BCUT2D eigenvalue weighted by Crippen LogP contribution is 2.17. The standard InChI is InChI=1S/C18H27N5O2/c1-5-19-18(21-13-15-10-11-22-23(15)3)20-12-14(2)25-17-8-6-16(24-4)7-9-17/h6-11,14H,5,12-13H2,1-4H3,(H2,19,20,21). The van der Waals surface area contributed by atoms with Gasteiger partial charge in [-0.2, -0.15) is 5.10 Å². The number of aromatic nitrogens is 2. The molecule has 7 nitrogen and oxygen atoms in total. The lowest BCUT2D eigenvalue weighted by atomic mass is 10.3. The summed E-state index contributed by atoms with van der Waals surface area (Å²) in [6.07, 6.45) is 1.77. The molecule has 0 bridgehead atoms. The fraction of sp³-hybridized carbons (Fsp3) is 0.444. The molecule has 1 unspecified atom stereocenters. The monoisotopic (exact) mass is 345 g/mol. The van der Waals surface area contributed by atoms with Crippen LogP contribution >= 0.6 is 0 Å². The molecule has 0 radical (unpaired) electrons. The van der Waals surface area contributed by atoms with Gasteiger partial charge in [0.25, 0.3) is 0 Å². The maximum Gasteiger partial charge on any atom is 0.191 e. The Morgan fingerprint density at radius 3 is 2.52 bits per heavy atom. The number of ether oxygens (including phenoxy) is 2. The Morgan fingerprint density at radius 1 is 1.20 bits per heavy atom. The predicted molar refractivity (Wildman–Crippen MR) is 99.1 cm³/mol. The molecule has 1 aromatic carbocycles. The minimum absolute atomic E-state index is 0.00560. The summed E-state index contributed by atoms with van der Waals surface area (Å²) in [5.74, 6) is 2.38. The zero-order valence-electron chi connectivity index (χ0n) is 15.3. The van der Waals surface area contributed by atoms with Gasteiger partial charge in [-0.15, -0.1) is 0 Å². The van der Waals surface area contributed by atoms with E-state index in [1.165, 1.54) is 0 Å². The molecule has 2 rings (SSSR count). The molecular formula is C18H27N5O2. The van der Waals surface area contributed by atoms with Gasteiger partial charge in [0.2, 0.25) is 0 Å². The highest BCUT2D eigenvalue weighted by atomic mass is 16.5. The van der Waals surface area contributed by atoms with Gasteiger partial charge in [0.15, 0.2) is 5.96 Å². The van der Waals surface area contributed by atoms with E-state index in [0.717, 1.165) is 29.7 Å². The van der Waals surface area contributed by atoms with Crippen molar-refractivity contribution in [3.8, 4) is 11.5 Å². The van der Waals surface area contributed by atoms with Crippen molar-refractivity contribution < 1.29 is 9.47 Å². The first kappa shape index (κ1) is 18.6. The molecule has 0 fully saturated rings. The average molecular weight is 345 g/mol. The first-order valence-electron chi connectivity index (χ1n) is 8.42. The molecule has 0 aliphatic carbocycles. The van der Waals surface area contributed by atoms with Crippen LogP contribution in [0.5, 0.6) is 11.5 Å². The maximum absolute atomic E-state index is 5.90. The van der Waals surface area contributed by atoms with Gasteiger partial charge in [0.05, 0.1) is 25.9 Å². The van der Waals surface area contributed by atoms with E-state index in [2.05, 4.69) is 20.7 Å². The van der Waals surface area contributed by atoms with Gasteiger partial charge in [0.1, 0.15) is 17.6 Å². The number of methoxy groups -OCH3 is 1. The van der Waals surface area contributed by atoms with Crippen molar-refractivity contribution in [1.82, 2.24) is 20.4 Å². The van der Waals surface area contributed by atoms with Crippen LogP contribution in [0.1, 0.15) is 19.5 Å². The van der Waals surface area contributed by atoms with Crippen molar-refractivity contribution in [2.24, 2.45) is 12.0 Å². The topological polar surface area (TPSA) is 72.7 Å². The van der Waals surface area contributed by atoms with Crippen LogP contribution in [0.3, 0.4) is 0 Å². The first-order valence-corrected chi connectivity index (χ1v) is 8.42. The van der Waals surface area contributed by atoms with Crippen molar-refractivity contribution in [1.29, 1.82) is 0 Å². The largest absolute Gasteiger partial charge is 0.497 e. The van der Waals surface area contributed by atoms with Crippen LogP contribution in [-0.4, -0.2) is 42.0 Å². The van der Waals surface area contributed by atoms with E-state index in [-0.39, 0.29) is 6.10 Å². The van der Waals surface area contributed by atoms with E-state index in [0.29, 0.717) is 13.1 Å². The highest BCUT2D eigenvalue weighted by molar-refractivity contribution is 5.79. The molecule has 0 aliphatic heterocycles. The molecule has 0 saturated carbocycles. The van der Waals surface area contributed by atoms with Crippen molar-refractivity contribution in [3.63, 3.8) is 0 Å². The summed E-state index contributed by atoms with van der Waals surface area (Å²) in [6.45, 7) is 6.06. The molecule has 0 amide bonds. The number of nitrogens with one attached hydrogen (secondary N) is 2. The van der Waals surface area contributed by atoms with Gasteiger partial charge in [-0.25, -0.2) is 4.99 Å². The number of rotatable bonds is 8. The second-order valence-electron chi connectivity index (χ2n) is 5.63. The number of benzene rings is 1. The Morgan fingerprint density at radius 2 is 1.92 bits per heavy atom. The summed E-state index contributed by atoms with van der Waals surface area (Å²) >= 11 is 0.